The molecular weight excluding hydrogens is 254 g/mol. The van der Waals surface area contributed by atoms with Crippen molar-refractivity contribution in [2.24, 2.45) is 0 Å². The van der Waals surface area contributed by atoms with Crippen molar-refractivity contribution in [1.82, 2.24) is 0 Å². The minimum absolute atomic E-state index is 3.59. The molecule has 0 aliphatic heterocycles. The molecule has 0 aromatic heterocycles. The summed E-state index contributed by atoms with van der Waals surface area (Å²) in [5.41, 5.74) is 0. The zero-order chi connectivity index (χ0) is 12.0. The third-order valence-electron chi connectivity index (χ3n) is 1.17. The Kier molecular flexibility index (Phi) is 3.00. The molecule has 10 heteroatoms. The van der Waals surface area contributed by atoms with Gasteiger partial charge in [-0.25, -0.2) is 0 Å². The third-order valence-corrected chi connectivity index (χ3v) is 1.81. The number of halogens is 10. The van der Waals surface area contributed by atoms with Crippen LogP contribution >= 0.6 is 11.6 Å². The second-order valence-electron chi connectivity index (χ2n) is 2.15. The topological polar surface area (TPSA) is 0 Å². The largest absolute Gasteiger partial charge is 0.425 e. The lowest BCUT2D eigenvalue weighted by molar-refractivity contribution is -0.348. The molecule has 0 aliphatic carbocycles. The molecule has 0 fully saturated rings. The minimum Gasteiger partial charge on any atom is -0.168 e. The van der Waals surface area contributed by atoms with Gasteiger partial charge in [0.05, 0.1) is 0 Å². The summed E-state index contributed by atoms with van der Waals surface area (Å²) in [5.74, 6) is 0. The fourth-order valence-electron chi connectivity index (χ4n) is 0.482. The number of hydrogen-bond donors (Lipinski definition) is 0. The van der Waals surface area contributed by atoms with Crippen molar-refractivity contribution in [3.63, 3.8) is 0 Å². The second kappa shape index (κ2) is 3.07. The summed E-state index contributed by atoms with van der Waals surface area (Å²) in [7, 11) is 0. The average molecular weight is 254 g/mol. The molecule has 0 aromatic carbocycles. The van der Waals surface area contributed by atoms with E-state index in [4.69, 9.17) is 0 Å². The maximum absolute atomic E-state index is 11.5. The Bertz CT molecular complexity index is 170. The van der Waals surface area contributed by atoms with Crippen LogP contribution in [0.5, 0.6) is 0 Å². The maximum atomic E-state index is 11.5. The molecule has 0 aliphatic rings. The lowest BCUT2D eigenvalue weighted by Gasteiger charge is -2.32. The van der Waals surface area contributed by atoms with Gasteiger partial charge in [-0.2, -0.15) is 39.5 Å². The quantitative estimate of drug-likeness (QED) is 0.457. The Hall–Kier alpha value is -0.340. The van der Waals surface area contributed by atoms with Gasteiger partial charge in [-0.05, 0) is 0 Å². The monoisotopic (exact) mass is 254 g/mol. The number of hydrogen-bond acceptors (Lipinski definition) is 0. The van der Waals surface area contributed by atoms with E-state index in [2.05, 4.69) is 11.6 Å². The Labute approximate surface area is 75.6 Å². The van der Waals surface area contributed by atoms with E-state index in [-0.39, 0.29) is 0 Å². The van der Waals surface area contributed by atoms with E-state index in [0.29, 0.717) is 0 Å². The fourth-order valence-corrected chi connectivity index (χ4v) is 0.482. The van der Waals surface area contributed by atoms with Crippen LogP contribution in [-0.2, 0) is 0 Å². The Balaban J connectivity index is 5.54. The van der Waals surface area contributed by atoms with Crippen LogP contribution in [0.25, 0.3) is 0 Å². The van der Waals surface area contributed by atoms with Crippen LogP contribution in [0.4, 0.5) is 39.5 Å². The first-order valence-corrected chi connectivity index (χ1v) is 3.02. The first-order chi connectivity index (χ1) is 5.75. The van der Waals surface area contributed by atoms with Crippen LogP contribution in [0.2, 0.25) is 0 Å². The third kappa shape index (κ3) is 1.86. The zero-order valence-corrected chi connectivity index (χ0v) is 6.54. The molecule has 86 valence electrons. The van der Waals surface area contributed by atoms with Gasteiger partial charge in [0.15, 0.2) is 0 Å². The molecule has 0 nitrogen and oxygen atoms in total. The van der Waals surface area contributed by atoms with E-state index in [1.807, 2.05) is 0 Å². The van der Waals surface area contributed by atoms with Gasteiger partial charge < -0.3 is 0 Å². The number of alkyl halides is 10. The van der Waals surface area contributed by atoms with E-state index in [9.17, 15) is 39.5 Å². The van der Waals surface area contributed by atoms with Crippen LogP contribution in [0, 0.1) is 0 Å². The summed E-state index contributed by atoms with van der Waals surface area (Å²) in [6, 6.07) is 0. The van der Waals surface area contributed by atoms with E-state index in [0.717, 1.165) is 0 Å². The van der Waals surface area contributed by atoms with Gasteiger partial charge >= 0.3 is 23.4 Å². The van der Waals surface area contributed by atoms with Gasteiger partial charge in [0.2, 0.25) is 0 Å². The van der Waals surface area contributed by atoms with Crippen LogP contribution in [-0.4, -0.2) is 23.4 Å². The molecule has 0 amide bonds. The van der Waals surface area contributed by atoms with E-state index < -0.39 is 23.4 Å². The van der Waals surface area contributed by atoms with Gasteiger partial charge in [-0.15, -0.1) is 0 Å². The summed E-state index contributed by atoms with van der Waals surface area (Å²) in [6.07, 6.45) is -20.0. The molecule has 0 unspecified atom stereocenters. The molecule has 14 heavy (non-hydrogen) atoms. The van der Waals surface area contributed by atoms with E-state index in [1.54, 1.807) is 0 Å². The smallest absolute Gasteiger partial charge is 0.168 e. The van der Waals surface area contributed by atoms with Crippen molar-refractivity contribution < 1.29 is 39.5 Å². The highest BCUT2D eigenvalue weighted by atomic mass is 35.5. The molecule has 0 heterocycles. The van der Waals surface area contributed by atoms with Crippen molar-refractivity contribution in [2.75, 3.05) is 0 Å². The second-order valence-corrected chi connectivity index (χ2v) is 2.72. The van der Waals surface area contributed by atoms with Crippen molar-refractivity contribution in [2.45, 2.75) is 23.4 Å². The van der Waals surface area contributed by atoms with Gasteiger partial charge in [0.1, 0.15) is 0 Å². The fraction of sp³-hybridized carbons (Fsp3) is 1.00. The zero-order valence-electron chi connectivity index (χ0n) is 5.78. The predicted molar refractivity (Wildman–Crippen MR) is 26.7 cm³/mol. The molecule has 0 radical (unpaired) electrons. The van der Waals surface area contributed by atoms with Crippen LogP contribution in [0.1, 0.15) is 0 Å². The highest BCUT2D eigenvalue weighted by Gasteiger charge is 2.83. The van der Waals surface area contributed by atoms with Gasteiger partial charge in [-0.3, -0.25) is 0 Å². The van der Waals surface area contributed by atoms with E-state index in [1.165, 1.54) is 0 Å². The Morgan fingerprint density at radius 2 is 0.643 bits per heavy atom. The molecule has 0 aromatic rings. The van der Waals surface area contributed by atoms with Gasteiger partial charge in [0, 0.05) is 0 Å². The van der Waals surface area contributed by atoms with Crippen LogP contribution in [0.15, 0.2) is 0 Å². The van der Waals surface area contributed by atoms with Crippen molar-refractivity contribution in [3.05, 3.63) is 0 Å². The number of rotatable bonds is 0. The summed E-state index contributed by atoms with van der Waals surface area (Å²) >= 11 is 3.59. The SMILES string of the molecule is FC(F)(F)C(Cl)(C(F)(F)F)C(F)(F)F. The summed E-state index contributed by atoms with van der Waals surface area (Å²) in [6.45, 7) is 0. The average Bonchev–Trinajstić information content (AvgIpc) is 1.77. The molecule has 0 bridgehead atoms. The first kappa shape index (κ1) is 13.7. The van der Waals surface area contributed by atoms with Crippen LogP contribution < -0.4 is 0 Å². The lowest BCUT2D eigenvalue weighted by Crippen LogP contribution is -2.61. The highest BCUT2D eigenvalue weighted by molar-refractivity contribution is 6.25. The first-order valence-electron chi connectivity index (χ1n) is 2.64. The van der Waals surface area contributed by atoms with Gasteiger partial charge in [0.25, 0.3) is 0 Å². The highest BCUT2D eigenvalue weighted by Crippen LogP contribution is 2.56. The summed E-state index contributed by atoms with van der Waals surface area (Å²) in [4.78, 5) is -6.22. The van der Waals surface area contributed by atoms with Gasteiger partial charge in [-0.1, -0.05) is 11.6 Å². The Morgan fingerprint density at radius 1 is 0.500 bits per heavy atom. The lowest BCUT2D eigenvalue weighted by atomic mass is 10.1. The normalized spacial score (nSPS) is 15.9. The molecule has 0 spiro atoms. The Morgan fingerprint density at radius 3 is 0.643 bits per heavy atom. The molecule has 0 atom stereocenters. The van der Waals surface area contributed by atoms with E-state index >= 15 is 0 Å². The molecule has 0 saturated carbocycles. The summed E-state index contributed by atoms with van der Waals surface area (Å²) in [5, 5.41) is 0. The predicted octanol–water partition coefficient (Wildman–Crippen LogP) is 3.65. The standard InChI is InChI=1S/C4ClF9/c5-1(2(6,7)8,3(9,10)11)4(12,13)14. The molecular formula is C4ClF9. The molecule has 0 N–H and O–H groups in total. The van der Waals surface area contributed by atoms with Crippen molar-refractivity contribution >= 4 is 11.6 Å². The molecule has 0 saturated heterocycles. The van der Waals surface area contributed by atoms with Crippen molar-refractivity contribution in [1.29, 1.82) is 0 Å². The molecule has 0 rings (SSSR count). The van der Waals surface area contributed by atoms with Crippen molar-refractivity contribution in [3.8, 4) is 0 Å². The maximum Gasteiger partial charge on any atom is 0.425 e. The minimum atomic E-state index is -6.66. The van der Waals surface area contributed by atoms with Crippen LogP contribution in [0.3, 0.4) is 0 Å². The summed E-state index contributed by atoms with van der Waals surface area (Å²) < 4.78 is 104.